The third-order valence-electron chi connectivity index (χ3n) is 3.10. The van der Waals surface area contributed by atoms with E-state index in [-0.39, 0.29) is 11.8 Å². The Balaban J connectivity index is 1.73. The lowest BCUT2D eigenvalue weighted by molar-refractivity contribution is -0.122. The van der Waals surface area contributed by atoms with Crippen LogP contribution >= 0.6 is 11.8 Å². The monoisotopic (exact) mass is 280 g/mol. The van der Waals surface area contributed by atoms with Crippen molar-refractivity contribution >= 4 is 17.7 Å². The van der Waals surface area contributed by atoms with Crippen LogP contribution in [0.4, 0.5) is 0 Å². The minimum atomic E-state index is 0.000162. The Bertz CT molecular complexity index is 426. The average molecular weight is 280 g/mol. The van der Waals surface area contributed by atoms with Crippen molar-refractivity contribution in [2.24, 2.45) is 0 Å². The average Bonchev–Trinajstić information content (AvgIpc) is 2.86. The normalized spacial score (nSPS) is 17.2. The second kappa shape index (κ2) is 7.53. The van der Waals surface area contributed by atoms with Gasteiger partial charge >= 0.3 is 0 Å². The summed E-state index contributed by atoms with van der Waals surface area (Å²) in [4.78, 5) is 13.4. The molecule has 1 heterocycles. The number of amides is 1. The number of carbonyl (C=O) groups excluding carboxylic acids is 1. The lowest BCUT2D eigenvalue weighted by Gasteiger charge is -2.12. The molecule has 1 unspecified atom stereocenters. The molecule has 0 aromatic heterocycles. The molecule has 5 heteroatoms. The number of methoxy groups -OCH3 is 1. The standard InChI is InChI=1S/C14H20N2O2S/c1-18-9-8-15-6-7-16-14(17)12-10-19-13-5-3-2-4-11(12)13/h2-5,12,15H,6-10H2,1H3,(H,16,17). The second-order valence-corrected chi connectivity index (χ2v) is 5.50. The molecule has 1 aliphatic heterocycles. The third-order valence-corrected chi connectivity index (χ3v) is 4.28. The Morgan fingerprint density at radius 3 is 3.05 bits per heavy atom. The number of ether oxygens (including phenoxy) is 1. The summed E-state index contributed by atoms with van der Waals surface area (Å²) >= 11 is 1.76. The SMILES string of the molecule is COCCNCCNC(=O)C1CSc2ccccc21. The highest BCUT2D eigenvalue weighted by Gasteiger charge is 2.28. The molecule has 0 spiro atoms. The van der Waals surface area contributed by atoms with Crippen LogP contribution in [-0.2, 0) is 9.53 Å². The molecule has 0 aliphatic carbocycles. The van der Waals surface area contributed by atoms with Crippen LogP contribution in [0.2, 0.25) is 0 Å². The lowest BCUT2D eigenvalue weighted by atomic mass is 10.0. The van der Waals surface area contributed by atoms with Crippen molar-refractivity contribution in [3.05, 3.63) is 29.8 Å². The van der Waals surface area contributed by atoms with Gasteiger partial charge in [-0.05, 0) is 11.6 Å². The van der Waals surface area contributed by atoms with Crippen LogP contribution in [0.5, 0.6) is 0 Å². The molecular formula is C14H20N2O2S. The highest BCUT2D eigenvalue weighted by atomic mass is 32.2. The van der Waals surface area contributed by atoms with E-state index in [0.717, 1.165) is 24.4 Å². The molecule has 0 fully saturated rings. The van der Waals surface area contributed by atoms with Crippen molar-refractivity contribution in [3.8, 4) is 0 Å². The number of benzene rings is 1. The minimum absolute atomic E-state index is 0.000162. The van der Waals surface area contributed by atoms with Gasteiger partial charge in [0.1, 0.15) is 0 Å². The molecule has 4 nitrogen and oxygen atoms in total. The third kappa shape index (κ3) is 3.96. The maximum Gasteiger partial charge on any atom is 0.228 e. The molecule has 1 aromatic rings. The molecule has 0 radical (unpaired) electrons. The summed E-state index contributed by atoms with van der Waals surface area (Å²) in [5, 5.41) is 6.19. The van der Waals surface area contributed by atoms with Crippen molar-refractivity contribution in [1.29, 1.82) is 0 Å². The minimum Gasteiger partial charge on any atom is -0.383 e. The smallest absolute Gasteiger partial charge is 0.228 e. The molecule has 1 amide bonds. The Hall–Kier alpha value is -1.04. The van der Waals surface area contributed by atoms with Crippen molar-refractivity contribution in [3.63, 3.8) is 0 Å². The summed E-state index contributed by atoms with van der Waals surface area (Å²) in [5.41, 5.74) is 1.16. The fourth-order valence-electron chi connectivity index (χ4n) is 2.08. The predicted molar refractivity (Wildman–Crippen MR) is 77.7 cm³/mol. The number of nitrogens with one attached hydrogen (secondary N) is 2. The molecule has 0 saturated carbocycles. The van der Waals surface area contributed by atoms with Gasteiger partial charge in [0.05, 0.1) is 12.5 Å². The Kier molecular flexibility index (Phi) is 5.69. The number of fused-ring (bicyclic) bond motifs is 1. The second-order valence-electron chi connectivity index (χ2n) is 4.44. The lowest BCUT2D eigenvalue weighted by Crippen LogP contribution is -2.35. The largest absolute Gasteiger partial charge is 0.383 e. The van der Waals surface area contributed by atoms with E-state index in [1.54, 1.807) is 18.9 Å². The van der Waals surface area contributed by atoms with Gasteiger partial charge < -0.3 is 15.4 Å². The molecule has 1 aromatic carbocycles. The molecule has 104 valence electrons. The highest BCUT2D eigenvalue weighted by molar-refractivity contribution is 7.99. The van der Waals surface area contributed by atoms with E-state index in [0.29, 0.717) is 13.2 Å². The maximum absolute atomic E-state index is 12.1. The van der Waals surface area contributed by atoms with Gasteiger partial charge in [-0.3, -0.25) is 4.79 Å². The summed E-state index contributed by atoms with van der Waals surface area (Å²) in [5.74, 6) is 0.980. The zero-order valence-electron chi connectivity index (χ0n) is 11.1. The van der Waals surface area contributed by atoms with E-state index >= 15 is 0 Å². The van der Waals surface area contributed by atoms with Crippen LogP contribution in [0.25, 0.3) is 0 Å². The van der Waals surface area contributed by atoms with E-state index in [9.17, 15) is 4.79 Å². The number of hydrogen-bond donors (Lipinski definition) is 2. The van der Waals surface area contributed by atoms with Crippen LogP contribution in [0, 0.1) is 0 Å². The molecule has 0 saturated heterocycles. The fourth-order valence-corrected chi connectivity index (χ4v) is 3.31. The number of carbonyl (C=O) groups is 1. The summed E-state index contributed by atoms with van der Waals surface area (Å²) in [6, 6.07) is 8.15. The van der Waals surface area contributed by atoms with Crippen LogP contribution in [-0.4, -0.2) is 45.0 Å². The number of rotatable bonds is 7. The summed E-state index contributed by atoms with van der Waals surface area (Å²) in [7, 11) is 1.68. The first-order valence-electron chi connectivity index (χ1n) is 6.52. The molecule has 2 rings (SSSR count). The number of hydrogen-bond acceptors (Lipinski definition) is 4. The first-order chi connectivity index (χ1) is 9.33. The molecule has 19 heavy (non-hydrogen) atoms. The zero-order chi connectivity index (χ0) is 13.5. The van der Waals surface area contributed by atoms with Crippen LogP contribution < -0.4 is 10.6 Å². The van der Waals surface area contributed by atoms with E-state index < -0.39 is 0 Å². The van der Waals surface area contributed by atoms with Crippen LogP contribution in [0.15, 0.2) is 29.2 Å². The molecular weight excluding hydrogens is 260 g/mol. The van der Waals surface area contributed by atoms with E-state index in [4.69, 9.17) is 4.74 Å². The summed E-state index contributed by atoms with van der Waals surface area (Å²) in [6.07, 6.45) is 0. The van der Waals surface area contributed by atoms with Gasteiger partial charge in [0.2, 0.25) is 5.91 Å². The Morgan fingerprint density at radius 1 is 1.37 bits per heavy atom. The molecule has 0 bridgehead atoms. The van der Waals surface area contributed by atoms with Gasteiger partial charge in [0.25, 0.3) is 0 Å². The molecule has 2 N–H and O–H groups in total. The summed E-state index contributed by atoms with van der Waals surface area (Å²) < 4.78 is 4.94. The fraction of sp³-hybridized carbons (Fsp3) is 0.500. The van der Waals surface area contributed by atoms with E-state index in [1.165, 1.54) is 4.90 Å². The predicted octanol–water partition coefficient (Wildman–Crippen LogP) is 1.23. The van der Waals surface area contributed by atoms with Crippen molar-refractivity contribution < 1.29 is 9.53 Å². The maximum atomic E-state index is 12.1. The summed E-state index contributed by atoms with van der Waals surface area (Å²) in [6.45, 7) is 2.94. The quantitative estimate of drug-likeness (QED) is 0.738. The van der Waals surface area contributed by atoms with Gasteiger partial charge in [-0.25, -0.2) is 0 Å². The highest BCUT2D eigenvalue weighted by Crippen LogP contribution is 2.39. The van der Waals surface area contributed by atoms with E-state index in [2.05, 4.69) is 22.8 Å². The first kappa shape index (κ1) is 14.4. The number of thioether (sulfide) groups is 1. The van der Waals surface area contributed by atoms with Crippen molar-refractivity contribution in [1.82, 2.24) is 10.6 Å². The first-order valence-corrected chi connectivity index (χ1v) is 7.50. The van der Waals surface area contributed by atoms with Gasteiger partial charge in [0.15, 0.2) is 0 Å². The topological polar surface area (TPSA) is 50.4 Å². The van der Waals surface area contributed by atoms with Gasteiger partial charge in [-0.15, -0.1) is 11.8 Å². The van der Waals surface area contributed by atoms with Crippen molar-refractivity contribution in [2.45, 2.75) is 10.8 Å². The van der Waals surface area contributed by atoms with E-state index in [1.807, 2.05) is 12.1 Å². The zero-order valence-corrected chi connectivity index (χ0v) is 12.0. The van der Waals surface area contributed by atoms with Crippen LogP contribution in [0.1, 0.15) is 11.5 Å². The van der Waals surface area contributed by atoms with Crippen LogP contribution in [0.3, 0.4) is 0 Å². The van der Waals surface area contributed by atoms with Crippen molar-refractivity contribution in [2.75, 3.05) is 39.1 Å². The molecule has 1 atom stereocenters. The van der Waals surface area contributed by atoms with Gasteiger partial charge in [-0.1, -0.05) is 18.2 Å². The Morgan fingerprint density at radius 2 is 2.21 bits per heavy atom. The Labute approximate surface area is 118 Å². The van der Waals surface area contributed by atoms with Gasteiger partial charge in [0, 0.05) is 37.4 Å². The molecule has 1 aliphatic rings. The van der Waals surface area contributed by atoms with Gasteiger partial charge in [-0.2, -0.15) is 0 Å².